The van der Waals surface area contributed by atoms with Gasteiger partial charge in [-0.05, 0) is 81.5 Å². The average molecular weight is 431 g/mol. The molecule has 6 rings (SSSR count). The van der Waals surface area contributed by atoms with Crippen LogP contribution >= 0.6 is 0 Å². The van der Waals surface area contributed by atoms with Crippen molar-refractivity contribution in [3.63, 3.8) is 0 Å². The van der Waals surface area contributed by atoms with Crippen LogP contribution in [0, 0.1) is 35.0 Å². The van der Waals surface area contributed by atoms with Crippen LogP contribution in [0.4, 0.5) is 0 Å². The largest absolute Gasteiger partial charge is 0.454 e. The van der Waals surface area contributed by atoms with Gasteiger partial charge in [0.1, 0.15) is 6.54 Å². The van der Waals surface area contributed by atoms with Crippen molar-refractivity contribution in [2.24, 2.45) is 35.0 Å². The highest BCUT2D eigenvalue weighted by atomic mass is 16.5. The first kappa shape index (κ1) is 21.0. The average Bonchev–Trinajstić information content (AvgIpc) is 2.96. The number of carbonyl (C=O) groups excluding carboxylic acids is 4. The second-order valence-electron chi connectivity index (χ2n) is 11.0. The maximum Gasteiger partial charge on any atom is 0.326 e. The van der Waals surface area contributed by atoms with Crippen LogP contribution in [0.15, 0.2) is 0 Å². The summed E-state index contributed by atoms with van der Waals surface area (Å²) in [5, 5.41) is 3.08. The topological polar surface area (TPSA) is 92.8 Å². The van der Waals surface area contributed by atoms with E-state index in [0.717, 1.165) is 35.5 Å². The van der Waals surface area contributed by atoms with Gasteiger partial charge in [0, 0.05) is 6.04 Å². The molecule has 0 radical (unpaired) electrons. The summed E-state index contributed by atoms with van der Waals surface area (Å²) in [5.74, 6) is 0.352. The number of esters is 1. The summed E-state index contributed by atoms with van der Waals surface area (Å²) in [6.07, 6.45) is 11.0. The standard InChI is InChI=1S/C24H34N2O5/c1-14(24-9-15-6-16(10-24)8-17(7-15)11-24)25-20(27)13-31-21(28)12-26-22(29)18-4-2-3-5-19(18)23(26)30/h14-19H,2-13H2,1H3,(H,25,27). The van der Waals surface area contributed by atoms with Gasteiger partial charge in [-0.2, -0.15) is 0 Å². The van der Waals surface area contributed by atoms with Gasteiger partial charge in [0.2, 0.25) is 11.8 Å². The van der Waals surface area contributed by atoms with E-state index in [1.807, 2.05) is 0 Å². The molecule has 0 aromatic heterocycles. The smallest absolute Gasteiger partial charge is 0.326 e. The third-order valence-electron chi connectivity index (χ3n) is 8.97. The van der Waals surface area contributed by atoms with Gasteiger partial charge in [-0.15, -0.1) is 0 Å². The van der Waals surface area contributed by atoms with Gasteiger partial charge in [-0.25, -0.2) is 0 Å². The number of hydrogen-bond donors (Lipinski definition) is 1. The lowest BCUT2D eigenvalue weighted by atomic mass is 9.48. The van der Waals surface area contributed by atoms with E-state index in [9.17, 15) is 19.2 Å². The number of ether oxygens (including phenoxy) is 1. The highest BCUT2D eigenvalue weighted by molar-refractivity contribution is 6.07. The minimum absolute atomic E-state index is 0.0666. The maximum absolute atomic E-state index is 12.5. The Morgan fingerprint density at radius 2 is 1.52 bits per heavy atom. The van der Waals surface area contributed by atoms with Crippen molar-refractivity contribution in [3.05, 3.63) is 0 Å². The number of likely N-dealkylation sites (tertiary alicyclic amines) is 1. The molecule has 170 valence electrons. The molecule has 6 aliphatic rings. The number of hydrogen-bond acceptors (Lipinski definition) is 5. The quantitative estimate of drug-likeness (QED) is 0.516. The van der Waals surface area contributed by atoms with Crippen LogP contribution in [0.2, 0.25) is 0 Å². The van der Waals surface area contributed by atoms with Gasteiger partial charge < -0.3 is 10.1 Å². The maximum atomic E-state index is 12.5. The number of imide groups is 1. The zero-order valence-electron chi connectivity index (χ0n) is 18.4. The molecule has 5 saturated carbocycles. The van der Waals surface area contributed by atoms with Gasteiger partial charge in [-0.1, -0.05) is 12.8 Å². The first-order valence-electron chi connectivity index (χ1n) is 12.1. The van der Waals surface area contributed by atoms with Gasteiger partial charge in [0.25, 0.3) is 5.91 Å². The van der Waals surface area contributed by atoms with Crippen LogP contribution in [-0.4, -0.2) is 47.8 Å². The highest BCUT2D eigenvalue weighted by Crippen LogP contribution is 2.61. The molecule has 31 heavy (non-hydrogen) atoms. The number of fused-ring (bicyclic) bond motifs is 1. The molecule has 5 aliphatic carbocycles. The zero-order valence-corrected chi connectivity index (χ0v) is 18.4. The molecular formula is C24H34N2O5. The fourth-order valence-electron chi connectivity index (χ4n) is 7.85. The Labute approximate surface area is 183 Å². The Kier molecular flexibility index (Phi) is 5.33. The first-order chi connectivity index (χ1) is 14.8. The molecule has 1 heterocycles. The molecular weight excluding hydrogens is 396 g/mol. The minimum atomic E-state index is -0.696. The molecule has 7 nitrogen and oxygen atoms in total. The van der Waals surface area contributed by atoms with Crippen LogP contribution < -0.4 is 5.32 Å². The molecule has 4 bridgehead atoms. The molecule has 1 N–H and O–H groups in total. The predicted molar refractivity (Wildman–Crippen MR) is 111 cm³/mol. The lowest BCUT2D eigenvalue weighted by Crippen LogP contribution is -2.56. The summed E-state index contributed by atoms with van der Waals surface area (Å²) in [6, 6.07) is 0.0666. The van der Waals surface area contributed by atoms with Crippen LogP contribution in [0.1, 0.15) is 71.1 Å². The molecule has 0 aromatic carbocycles. The second-order valence-corrected chi connectivity index (χ2v) is 11.0. The van der Waals surface area contributed by atoms with E-state index in [1.165, 1.54) is 38.5 Å². The van der Waals surface area contributed by atoms with Gasteiger partial charge >= 0.3 is 5.97 Å². The van der Waals surface area contributed by atoms with Crippen molar-refractivity contribution in [3.8, 4) is 0 Å². The molecule has 3 unspecified atom stereocenters. The number of nitrogens with zero attached hydrogens (tertiary/aromatic N) is 1. The Morgan fingerprint density at radius 3 is 2.03 bits per heavy atom. The van der Waals surface area contributed by atoms with E-state index in [2.05, 4.69) is 12.2 Å². The van der Waals surface area contributed by atoms with Crippen molar-refractivity contribution < 1.29 is 23.9 Å². The van der Waals surface area contributed by atoms with E-state index in [1.54, 1.807) is 0 Å². The fourth-order valence-corrected chi connectivity index (χ4v) is 7.85. The van der Waals surface area contributed by atoms with Crippen molar-refractivity contribution >= 4 is 23.7 Å². The molecule has 3 amide bonds. The predicted octanol–water partition coefficient (Wildman–Crippen LogP) is 2.43. The van der Waals surface area contributed by atoms with Crippen molar-refractivity contribution in [1.82, 2.24) is 10.2 Å². The minimum Gasteiger partial charge on any atom is -0.454 e. The SMILES string of the molecule is CC(NC(=O)COC(=O)CN1C(=O)C2CCCCC2C1=O)C12CC3CC(CC(C3)C1)C2. The van der Waals surface area contributed by atoms with E-state index >= 15 is 0 Å². The van der Waals surface area contributed by atoms with E-state index in [-0.39, 0.29) is 54.2 Å². The van der Waals surface area contributed by atoms with Gasteiger partial charge in [-0.3, -0.25) is 24.1 Å². The van der Waals surface area contributed by atoms with Gasteiger partial charge in [0.05, 0.1) is 11.8 Å². The normalized spacial score (nSPS) is 39.4. The number of carbonyl (C=O) groups is 4. The summed E-state index contributed by atoms with van der Waals surface area (Å²) in [6.45, 7) is 1.34. The molecule has 0 spiro atoms. The van der Waals surface area contributed by atoms with Crippen molar-refractivity contribution in [1.29, 1.82) is 0 Å². The van der Waals surface area contributed by atoms with E-state index < -0.39 is 5.97 Å². The van der Waals surface area contributed by atoms with Crippen LogP contribution in [0.25, 0.3) is 0 Å². The van der Waals surface area contributed by atoms with Crippen LogP contribution in [-0.2, 0) is 23.9 Å². The Balaban J connectivity index is 1.10. The molecule has 7 heteroatoms. The van der Waals surface area contributed by atoms with E-state index in [0.29, 0.717) is 12.8 Å². The Morgan fingerprint density at radius 1 is 1.00 bits per heavy atom. The van der Waals surface area contributed by atoms with E-state index in [4.69, 9.17) is 4.74 Å². The molecule has 1 aliphatic heterocycles. The van der Waals surface area contributed by atoms with Crippen molar-refractivity contribution in [2.75, 3.05) is 13.2 Å². The number of amides is 3. The molecule has 3 atom stereocenters. The summed E-state index contributed by atoms with van der Waals surface area (Å²) in [4.78, 5) is 50.8. The zero-order chi connectivity index (χ0) is 21.8. The summed E-state index contributed by atoms with van der Waals surface area (Å²) in [7, 11) is 0. The second kappa shape index (κ2) is 7.89. The lowest BCUT2D eigenvalue weighted by molar-refractivity contribution is -0.155. The molecule has 6 fully saturated rings. The summed E-state index contributed by atoms with van der Waals surface area (Å²) >= 11 is 0. The van der Waals surface area contributed by atoms with Crippen LogP contribution in [0.3, 0.4) is 0 Å². The van der Waals surface area contributed by atoms with Gasteiger partial charge in [0.15, 0.2) is 6.61 Å². The Bertz CT molecular complexity index is 734. The highest BCUT2D eigenvalue weighted by Gasteiger charge is 2.53. The fraction of sp³-hybridized carbons (Fsp3) is 0.833. The van der Waals surface area contributed by atoms with Crippen LogP contribution in [0.5, 0.6) is 0 Å². The molecule has 1 saturated heterocycles. The lowest BCUT2D eigenvalue weighted by Gasteiger charge is -2.59. The third-order valence-corrected chi connectivity index (χ3v) is 8.97. The summed E-state index contributed by atoms with van der Waals surface area (Å²) in [5.41, 5.74) is 0.194. The Hall–Kier alpha value is -1.92. The molecule has 0 aromatic rings. The number of nitrogens with one attached hydrogen (secondary N) is 1. The first-order valence-corrected chi connectivity index (χ1v) is 12.1. The number of rotatable bonds is 6. The monoisotopic (exact) mass is 430 g/mol. The van der Waals surface area contributed by atoms with Crippen molar-refractivity contribution in [2.45, 2.75) is 77.2 Å². The summed E-state index contributed by atoms with van der Waals surface area (Å²) < 4.78 is 5.14. The third kappa shape index (κ3) is 3.78.